The molecule has 1 fully saturated rings. The number of hydrogen-bond acceptors (Lipinski definition) is 4. The molecule has 3 rings (SSSR count). The zero-order valence-electron chi connectivity index (χ0n) is 16.2. The molecule has 0 N–H and O–H groups in total. The van der Waals surface area contributed by atoms with Crippen LogP contribution >= 0.6 is 0 Å². The van der Waals surface area contributed by atoms with Gasteiger partial charge in [0.2, 0.25) is 0 Å². The average Bonchev–Trinajstić information content (AvgIpc) is 2.66. The van der Waals surface area contributed by atoms with E-state index in [4.69, 9.17) is 14.3 Å². The van der Waals surface area contributed by atoms with Gasteiger partial charge in [-0.2, -0.15) is 0 Å². The summed E-state index contributed by atoms with van der Waals surface area (Å²) in [6.07, 6.45) is 10.6. The van der Waals surface area contributed by atoms with Gasteiger partial charge in [0.05, 0.1) is 11.7 Å². The molecule has 0 bridgehead atoms. The maximum Gasteiger partial charge on any atom is 0.338 e. The zero-order valence-corrected chi connectivity index (χ0v) is 16.2. The molecule has 1 unspecified atom stereocenters. The number of carbonyl (C=O) groups is 2. The van der Waals surface area contributed by atoms with Crippen LogP contribution in [0.1, 0.15) is 81.1 Å². The molecule has 1 aromatic carbocycles. The Bertz CT molecular complexity index is 576. The number of cyclic esters (lactones) is 1. The lowest BCUT2D eigenvalue weighted by Crippen LogP contribution is -2.28. The molecule has 4 heteroatoms. The SMILES string of the molecule is C=O.CCCC1CCC(Oc2ccc3c(c2)C(=O)OC(CCC)C3)CC1. The van der Waals surface area contributed by atoms with Crippen LogP contribution in [0, 0.1) is 5.92 Å². The van der Waals surface area contributed by atoms with E-state index in [-0.39, 0.29) is 12.1 Å². The number of fused-ring (bicyclic) bond motifs is 1. The summed E-state index contributed by atoms with van der Waals surface area (Å²) in [7, 11) is 0. The summed E-state index contributed by atoms with van der Waals surface area (Å²) < 4.78 is 11.7. The van der Waals surface area contributed by atoms with Gasteiger partial charge in [0.25, 0.3) is 0 Å². The molecule has 2 aliphatic rings. The van der Waals surface area contributed by atoms with E-state index in [9.17, 15) is 4.79 Å². The third kappa shape index (κ3) is 5.33. The van der Waals surface area contributed by atoms with Crippen LogP contribution in [0.25, 0.3) is 0 Å². The Morgan fingerprint density at radius 1 is 1.08 bits per heavy atom. The van der Waals surface area contributed by atoms with Crippen LogP contribution in [0.2, 0.25) is 0 Å². The Labute approximate surface area is 157 Å². The molecule has 26 heavy (non-hydrogen) atoms. The van der Waals surface area contributed by atoms with Crippen molar-refractivity contribution in [3.05, 3.63) is 29.3 Å². The Balaban J connectivity index is 0.00000117. The van der Waals surface area contributed by atoms with Crippen LogP contribution in [0.4, 0.5) is 0 Å². The number of rotatable bonds is 6. The van der Waals surface area contributed by atoms with E-state index in [0.717, 1.165) is 49.3 Å². The van der Waals surface area contributed by atoms with Crippen LogP contribution in [0.3, 0.4) is 0 Å². The minimum atomic E-state index is -0.188. The predicted molar refractivity (Wildman–Crippen MR) is 103 cm³/mol. The Morgan fingerprint density at radius 2 is 1.77 bits per heavy atom. The fraction of sp³-hybridized carbons (Fsp3) is 0.636. The summed E-state index contributed by atoms with van der Waals surface area (Å²) in [6.45, 7) is 6.38. The summed E-state index contributed by atoms with van der Waals surface area (Å²) in [4.78, 5) is 20.3. The molecule has 1 atom stereocenters. The van der Waals surface area contributed by atoms with Gasteiger partial charge in [-0.15, -0.1) is 0 Å². The number of benzene rings is 1. The van der Waals surface area contributed by atoms with E-state index in [2.05, 4.69) is 19.9 Å². The van der Waals surface area contributed by atoms with Gasteiger partial charge in [-0.25, -0.2) is 4.79 Å². The average molecular weight is 360 g/mol. The highest BCUT2D eigenvalue weighted by Crippen LogP contribution is 2.32. The summed E-state index contributed by atoms with van der Waals surface area (Å²) in [5.74, 6) is 1.51. The van der Waals surface area contributed by atoms with Gasteiger partial charge in [0.15, 0.2) is 0 Å². The van der Waals surface area contributed by atoms with Crippen LogP contribution in [-0.4, -0.2) is 25.0 Å². The number of esters is 1. The molecule has 1 saturated carbocycles. The van der Waals surface area contributed by atoms with Crippen molar-refractivity contribution >= 4 is 12.8 Å². The maximum absolute atomic E-state index is 12.3. The second kappa shape index (κ2) is 10.3. The van der Waals surface area contributed by atoms with E-state index < -0.39 is 0 Å². The molecule has 0 aromatic heterocycles. The Morgan fingerprint density at radius 3 is 2.42 bits per heavy atom. The first-order chi connectivity index (χ1) is 12.7. The van der Waals surface area contributed by atoms with Gasteiger partial charge >= 0.3 is 5.97 Å². The van der Waals surface area contributed by atoms with Crippen molar-refractivity contribution in [2.75, 3.05) is 0 Å². The molecule has 1 aliphatic heterocycles. The van der Waals surface area contributed by atoms with E-state index in [1.807, 2.05) is 18.9 Å². The lowest BCUT2D eigenvalue weighted by atomic mass is 9.84. The van der Waals surface area contributed by atoms with Gasteiger partial charge < -0.3 is 14.3 Å². The molecule has 1 heterocycles. The summed E-state index contributed by atoms with van der Waals surface area (Å²) in [5, 5.41) is 0. The van der Waals surface area contributed by atoms with E-state index in [0.29, 0.717) is 11.7 Å². The van der Waals surface area contributed by atoms with Crippen molar-refractivity contribution < 1.29 is 19.1 Å². The molecule has 0 saturated heterocycles. The lowest BCUT2D eigenvalue weighted by molar-refractivity contribution is -0.0980. The van der Waals surface area contributed by atoms with E-state index >= 15 is 0 Å². The third-order valence-corrected chi connectivity index (χ3v) is 5.43. The molecule has 1 aromatic rings. The van der Waals surface area contributed by atoms with Gasteiger partial charge in [-0.1, -0.05) is 39.2 Å². The number of ether oxygens (including phenoxy) is 2. The first-order valence-corrected chi connectivity index (χ1v) is 9.99. The van der Waals surface area contributed by atoms with Crippen molar-refractivity contribution in [1.29, 1.82) is 0 Å². The molecule has 0 spiro atoms. The first kappa shape index (κ1) is 20.5. The van der Waals surface area contributed by atoms with Crippen molar-refractivity contribution in [3.63, 3.8) is 0 Å². The van der Waals surface area contributed by atoms with Gasteiger partial charge in [0.1, 0.15) is 18.6 Å². The molecular weight excluding hydrogens is 328 g/mol. The second-order valence-corrected chi connectivity index (χ2v) is 7.39. The first-order valence-electron chi connectivity index (χ1n) is 9.99. The fourth-order valence-corrected chi connectivity index (χ4v) is 4.12. The molecular formula is C22H32O4. The van der Waals surface area contributed by atoms with E-state index in [1.54, 1.807) is 0 Å². The summed E-state index contributed by atoms with van der Waals surface area (Å²) in [6, 6.07) is 5.97. The highest BCUT2D eigenvalue weighted by molar-refractivity contribution is 5.92. The topological polar surface area (TPSA) is 52.6 Å². The Kier molecular flexibility index (Phi) is 8.14. The Hall–Kier alpha value is -1.84. The normalized spacial score (nSPS) is 24.7. The van der Waals surface area contributed by atoms with Crippen LogP contribution in [0.5, 0.6) is 5.75 Å². The molecule has 4 nitrogen and oxygen atoms in total. The molecule has 1 aliphatic carbocycles. The molecule has 144 valence electrons. The van der Waals surface area contributed by atoms with Crippen molar-refractivity contribution in [3.8, 4) is 5.75 Å². The quantitative estimate of drug-likeness (QED) is 0.661. The highest BCUT2D eigenvalue weighted by atomic mass is 16.5. The predicted octanol–water partition coefficient (Wildman–Crippen LogP) is 5.12. The summed E-state index contributed by atoms with van der Waals surface area (Å²) in [5.41, 5.74) is 1.79. The van der Waals surface area contributed by atoms with Crippen LogP contribution < -0.4 is 4.74 Å². The summed E-state index contributed by atoms with van der Waals surface area (Å²) >= 11 is 0. The van der Waals surface area contributed by atoms with Crippen molar-refractivity contribution in [2.24, 2.45) is 5.92 Å². The smallest absolute Gasteiger partial charge is 0.338 e. The minimum absolute atomic E-state index is 0.0376. The van der Waals surface area contributed by atoms with Gasteiger partial charge in [-0.05, 0) is 55.7 Å². The number of carbonyl (C=O) groups excluding carboxylic acids is 2. The highest BCUT2D eigenvalue weighted by Gasteiger charge is 2.27. The standard InChI is InChI=1S/C21H30O3.CH2O/c1-3-5-15-7-10-17(11-8-15)23-19-12-9-16-13-18(6-4-2)24-21(22)20(16)14-19;1-2/h9,12,14-15,17-18H,3-8,10-11,13H2,1-2H3;1H2. The fourth-order valence-electron chi connectivity index (χ4n) is 4.12. The van der Waals surface area contributed by atoms with Crippen molar-refractivity contribution in [1.82, 2.24) is 0 Å². The second-order valence-electron chi connectivity index (χ2n) is 7.39. The molecule has 0 radical (unpaired) electrons. The van der Waals surface area contributed by atoms with Crippen LogP contribution in [-0.2, 0) is 16.0 Å². The van der Waals surface area contributed by atoms with E-state index in [1.165, 1.54) is 25.7 Å². The minimum Gasteiger partial charge on any atom is -0.490 e. The zero-order chi connectivity index (χ0) is 18.9. The molecule has 0 amide bonds. The largest absolute Gasteiger partial charge is 0.490 e. The monoisotopic (exact) mass is 360 g/mol. The van der Waals surface area contributed by atoms with Gasteiger partial charge in [-0.3, -0.25) is 0 Å². The lowest BCUT2D eigenvalue weighted by Gasteiger charge is -2.29. The third-order valence-electron chi connectivity index (χ3n) is 5.43. The van der Waals surface area contributed by atoms with Gasteiger partial charge in [0, 0.05) is 6.42 Å². The number of hydrogen-bond donors (Lipinski definition) is 0. The van der Waals surface area contributed by atoms with Crippen molar-refractivity contribution in [2.45, 2.75) is 83.8 Å². The van der Waals surface area contributed by atoms with Crippen LogP contribution in [0.15, 0.2) is 18.2 Å². The maximum atomic E-state index is 12.3.